The Bertz CT molecular complexity index is 844. The van der Waals surface area contributed by atoms with Gasteiger partial charge in [0.05, 0.1) is 17.3 Å². The van der Waals surface area contributed by atoms with Crippen molar-refractivity contribution in [3.05, 3.63) is 54.6 Å². The van der Waals surface area contributed by atoms with Crippen molar-refractivity contribution in [2.24, 2.45) is 0 Å². The van der Waals surface area contributed by atoms with Crippen molar-refractivity contribution in [3.63, 3.8) is 0 Å². The fourth-order valence-corrected chi connectivity index (χ4v) is 2.59. The van der Waals surface area contributed by atoms with Gasteiger partial charge in [-0.15, -0.1) is 0 Å². The minimum atomic E-state index is -0.429. The predicted molar refractivity (Wildman–Crippen MR) is 103 cm³/mol. The molecule has 4 nitrogen and oxygen atoms in total. The third-order valence-electron chi connectivity index (χ3n) is 4.25. The summed E-state index contributed by atoms with van der Waals surface area (Å²) in [6.07, 6.45) is 0.256. The number of aliphatic hydroxyl groups is 1. The SMILES string of the molecule is CC[C@@H](O)COc1ccc2nc(-c3ccc(N(C)C)cc3)ccc2c1. The Morgan fingerprint density at radius 1 is 1.04 bits per heavy atom. The molecule has 0 bridgehead atoms. The summed E-state index contributed by atoms with van der Waals surface area (Å²) >= 11 is 0. The van der Waals surface area contributed by atoms with Crippen LogP contribution in [0.1, 0.15) is 13.3 Å². The number of fused-ring (bicyclic) bond motifs is 1. The van der Waals surface area contributed by atoms with Crippen LogP contribution >= 0.6 is 0 Å². The Kier molecular flexibility index (Phi) is 5.19. The van der Waals surface area contributed by atoms with Crippen molar-refractivity contribution >= 4 is 16.6 Å². The first-order chi connectivity index (χ1) is 12.1. The van der Waals surface area contributed by atoms with Crippen molar-refractivity contribution in [2.75, 3.05) is 25.6 Å². The average molecular weight is 336 g/mol. The lowest BCUT2D eigenvalue weighted by molar-refractivity contribution is 0.104. The normalized spacial score (nSPS) is 12.2. The van der Waals surface area contributed by atoms with E-state index in [-0.39, 0.29) is 0 Å². The zero-order chi connectivity index (χ0) is 17.8. The number of anilines is 1. The molecule has 3 aromatic rings. The summed E-state index contributed by atoms with van der Waals surface area (Å²) < 4.78 is 5.63. The Morgan fingerprint density at radius 3 is 2.48 bits per heavy atom. The first-order valence-corrected chi connectivity index (χ1v) is 8.56. The molecule has 0 fully saturated rings. The maximum Gasteiger partial charge on any atom is 0.120 e. The standard InChI is InChI=1S/C21H24N2O2/c1-4-18(24)14-25-19-10-12-21-16(13-19)7-11-20(22-21)15-5-8-17(9-6-15)23(2)3/h5-13,18,24H,4,14H2,1-3H3/t18-/m1/s1. The molecule has 3 rings (SSSR count). The highest BCUT2D eigenvalue weighted by Crippen LogP contribution is 2.25. The van der Waals surface area contributed by atoms with Crippen LogP contribution in [0.3, 0.4) is 0 Å². The average Bonchev–Trinajstić information content (AvgIpc) is 2.65. The van der Waals surface area contributed by atoms with Gasteiger partial charge in [-0.05, 0) is 42.8 Å². The first-order valence-electron chi connectivity index (χ1n) is 8.56. The third-order valence-corrected chi connectivity index (χ3v) is 4.25. The molecule has 130 valence electrons. The van der Waals surface area contributed by atoms with E-state index in [0.29, 0.717) is 13.0 Å². The molecule has 1 atom stereocenters. The number of ether oxygens (including phenoxy) is 1. The summed E-state index contributed by atoms with van der Waals surface area (Å²) in [5.74, 6) is 0.755. The maximum absolute atomic E-state index is 9.61. The smallest absolute Gasteiger partial charge is 0.120 e. The Morgan fingerprint density at radius 2 is 1.80 bits per heavy atom. The summed E-state index contributed by atoms with van der Waals surface area (Å²) in [5, 5.41) is 10.6. The van der Waals surface area contributed by atoms with Crippen LogP contribution in [0.2, 0.25) is 0 Å². The number of hydrogen-bond acceptors (Lipinski definition) is 4. The molecule has 0 amide bonds. The summed E-state index contributed by atoms with van der Waals surface area (Å²) in [7, 11) is 4.06. The van der Waals surface area contributed by atoms with Crippen LogP contribution in [0.5, 0.6) is 5.75 Å². The van der Waals surface area contributed by atoms with Crippen LogP contribution in [0, 0.1) is 0 Å². The predicted octanol–water partition coefficient (Wildman–Crippen LogP) is 4.12. The lowest BCUT2D eigenvalue weighted by Gasteiger charge is -2.13. The summed E-state index contributed by atoms with van der Waals surface area (Å²) in [6, 6.07) is 18.3. The first kappa shape index (κ1) is 17.2. The van der Waals surface area contributed by atoms with Gasteiger partial charge in [0.15, 0.2) is 0 Å². The Balaban J connectivity index is 1.82. The van der Waals surface area contributed by atoms with E-state index in [9.17, 15) is 5.11 Å². The zero-order valence-electron chi connectivity index (χ0n) is 14.9. The molecule has 1 heterocycles. The van der Waals surface area contributed by atoms with E-state index in [4.69, 9.17) is 9.72 Å². The van der Waals surface area contributed by atoms with Crippen molar-refractivity contribution in [1.82, 2.24) is 4.98 Å². The van der Waals surface area contributed by atoms with Crippen molar-refractivity contribution < 1.29 is 9.84 Å². The van der Waals surface area contributed by atoms with Gasteiger partial charge in [-0.2, -0.15) is 0 Å². The molecule has 25 heavy (non-hydrogen) atoms. The molecular weight excluding hydrogens is 312 g/mol. The number of nitrogens with zero attached hydrogens (tertiary/aromatic N) is 2. The van der Waals surface area contributed by atoms with Gasteiger partial charge in [0, 0.05) is 30.7 Å². The molecule has 0 spiro atoms. The highest BCUT2D eigenvalue weighted by molar-refractivity contribution is 5.83. The van der Waals surface area contributed by atoms with Gasteiger partial charge >= 0.3 is 0 Å². The fourth-order valence-electron chi connectivity index (χ4n) is 2.59. The topological polar surface area (TPSA) is 45.6 Å². The molecule has 1 aromatic heterocycles. The highest BCUT2D eigenvalue weighted by Gasteiger charge is 2.06. The lowest BCUT2D eigenvalue weighted by Crippen LogP contribution is -2.15. The Hall–Kier alpha value is -2.59. The molecule has 0 unspecified atom stereocenters. The van der Waals surface area contributed by atoms with Gasteiger partial charge in [0.2, 0.25) is 0 Å². The monoisotopic (exact) mass is 336 g/mol. The largest absolute Gasteiger partial charge is 0.491 e. The van der Waals surface area contributed by atoms with E-state index in [2.05, 4.69) is 35.2 Å². The summed E-state index contributed by atoms with van der Waals surface area (Å²) in [5.41, 5.74) is 4.14. The van der Waals surface area contributed by atoms with Crippen LogP contribution in [0.15, 0.2) is 54.6 Å². The summed E-state index contributed by atoms with van der Waals surface area (Å²) in [4.78, 5) is 6.83. The number of benzene rings is 2. The van der Waals surface area contributed by atoms with Crippen molar-refractivity contribution in [3.8, 4) is 17.0 Å². The number of hydrogen-bond donors (Lipinski definition) is 1. The second-order valence-corrected chi connectivity index (χ2v) is 6.37. The minimum Gasteiger partial charge on any atom is -0.491 e. The molecule has 0 radical (unpaired) electrons. The van der Waals surface area contributed by atoms with Gasteiger partial charge in [-0.1, -0.05) is 25.1 Å². The van der Waals surface area contributed by atoms with E-state index in [1.807, 2.05) is 45.3 Å². The third kappa shape index (κ3) is 4.09. The molecule has 4 heteroatoms. The zero-order valence-corrected chi connectivity index (χ0v) is 14.9. The molecule has 0 aliphatic heterocycles. The molecule has 1 N–H and O–H groups in total. The fraction of sp³-hybridized carbons (Fsp3) is 0.286. The molecule has 0 saturated heterocycles. The van der Waals surface area contributed by atoms with E-state index >= 15 is 0 Å². The maximum atomic E-state index is 9.61. The van der Waals surface area contributed by atoms with Crippen molar-refractivity contribution in [1.29, 1.82) is 0 Å². The van der Waals surface area contributed by atoms with Gasteiger partial charge in [0.25, 0.3) is 0 Å². The second-order valence-electron chi connectivity index (χ2n) is 6.37. The van der Waals surface area contributed by atoms with Crippen LogP contribution < -0.4 is 9.64 Å². The molecule has 2 aromatic carbocycles. The number of rotatable bonds is 6. The van der Waals surface area contributed by atoms with E-state index < -0.39 is 6.10 Å². The minimum absolute atomic E-state index is 0.311. The van der Waals surface area contributed by atoms with Gasteiger partial charge in [-0.3, -0.25) is 0 Å². The molecule has 0 saturated carbocycles. The van der Waals surface area contributed by atoms with Gasteiger partial charge in [0.1, 0.15) is 12.4 Å². The van der Waals surface area contributed by atoms with Gasteiger partial charge < -0.3 is 14.7 Å². The van der Waals surface area contributed by atoms with Crippen LogP contribution in [0.25, 0.3) is 22.2 Å². The second kappa shape index (κ2) is 7.53. The van der Waals surface area contributed by atoms with E-state index in [1.165, 1.54) is 5.69 Å². The molecule has 0 aliphatic carbocycles. The summed E-state index contributed by atoms with van der Waals surface area (Å²) in [6.45, 7) is 2.25. The van der Waals surface area contributed by atoms with E-state index in [0.717, 1.165) is 27.9 Å². The Labute approximate surface area is 148 Å². The lowest BCUT2D eigenvalue weighted by atomic mass is 10.1. The number of aliphatic hydroxyl groups excluding tert-OH is 1. The van der Waals surface area contributed by atoms with Crippen LogP contribution in [-0.2, 0) is 0 Å². The molecule has 0 aliphatic rings. The van der Waals surface area contributed by atoms with Crippen LogP contribution in [-0.4, -0.2) is 36.9 Å². The number of aromatic nitrogens is 1. The molecular formula is C21H24N2O2. The van der Waals surface area contributed by atoms with E-state index in [1.54, 1.807) is 0 Å². The van der Waals surface area contributed by atoms with Crippen molar-refractivity contribution in [2.45, 2.75) is 19.4 Å². The number of pyridine rings is 1. The highest BCUT2D eigenvalue weighted by atomic mass is 16.5. The van der Waals surface area contributed by atoms with Crippen LogP contribution in [0.4, 0.5) is 5.69 Å². The van der Waals surface area contributed by atoms with Gasteiger partial charge in [-0.25, -0.2) is 4.98 Å². The quantitative estimate of drug-likeness (QED) is 0.735.